The van der Waals surface area contributed by atoms with Crippen molar-refractivity contribution < 1.29 is 27.4 Å². The van der Waals surface area contributed by atoms with E-state index in [1.807, 2.05) is 25.7 Å². The predicted octanol–water partition coefficient (Wildman–Crippen LogP) is 4.48. The zero-order valence-corrected chi connectivity index (χ0v) is 17.9. The lowest BCUT2D eigenvalue weighted by atomic mass is 10.0. The number of halogens is 3. The molecule has 2 fully saturated rings. The number of ether oxygens (including phenoxy) is 2. The molecule has 0 atom stereocenters. The van der Waals surface area contributed by atoms with Crippen molar-refractivity contribution in [3.63, 3.8) is 0 Å². The first-order chi connectivity index (χ1) is 14.1. The second-order valence-electron chi connectivity index (χ2n) is 9.13. The number of piperidine rings is 2. The second kappa shape index (κ2) is 9.56. The van der Waals surface area contributed by atoms with Gasteiger partial charge in [-0.15, -0.1) is 0 Å². The number of nitrogens with zero attached hydrogens (tertiary/aromatic N) is 2. The van der Waals surface area contributed by atoms with Crippen LogP contribution in [0.15, 0.2) is 12.1 Å². The van der Waals surface area contributed by atoms with E-state index >= 15 is 0 Å². The van der Waals surface area contributed by atoms with Crippen LogP contribution in [0.25, 0.3) is 0 Å². The number of likely N-dealkylation sites (tertiary alicyclic amines) is 2. The first-order valence-corrected chi connectivity index (χ1v) is 10.6. The van der Waals surface area contributed by atoms with Crippen LogP contribution < -0.4 is 0 Å². The highest BCUT2D eigenvalue weighted by Crippen LogP contribution is 2.24. The van der Waals surface area contributed by atoms with Gasteiger partial charge in [0, 0.05) is 50.4 Å². The van der Waals surface area contributed by atoms with E-state index in [0.29, 0.717) is 26.2 Å². The minimum absolute atomic E-state index is 0.0923. The number of benzene rings is 1. The minimum atomic E-state index is -0.904. The third-order valence-electron chi connectivity index (χ3n) is 5.50. The molecule has 1 aromatic rings. The van der Waals surface area contributed by atoms with Crippen LogP contribution in [0.2, 0.25) is 0 Å². The first-order valence-electron chi connectivity index (χ1n) is 10.6. The summed E-state index contributed by atoms with van der Waals surface area (Å²) in [5, 5.41) is 0. The lowest BCUT2D eigenvalue weighted by molar-refractivity contribution is -0.0670. The molecule has 2 heterocycles. The summed E-state index contributed by atoms with van der Waals surface area (Å²) in [6, 6.07) is 1.44. The van der Waals surface area contributed by atoms with Crippen LogP contribution in [0.3, 0.4) is 0 Å². The van der Waals surface area contributed by atoms with E-state index in [4.69, 9.17) is 9.47 Å². The minimum Gasteiger partial charge on any atom is -0.444 e. The number of hydrogen-bond donors (Lipinski definition) is 0. The van der Waals surface area contributed by atoms with Crippen molar-refractivity contribution in [2.75, 3.05) is 26.2 Å². The number of carbonyl (C=O) groups is 1. The zero-order chi connectivity index (χ0) is 21.9. The molecule has 1 aromatic carbocycles. The van der Waals surface area contributed by atoms with Crippen molar-refractivity contribution in [3.05, 3.63) is 35.1 Å². The van der Waals surface area contributed by atoms with Gasteiger partial charge >= 0.3 is 6.09 Å². The molecule has 2 aliphatic heterocycles. The van der Waals surface area contributed by atoms with Crippen molar-refractivity contribution in [2.45, 2.75) is 70.8 Å². The summed E-state index contributed by atoms with van der Waals surface area (Å²) >= 11 is 0. The van der Waals surface area contributed by atoms with Gasteiger partial charge in [-0.3, -0.25) is 4.90 Å². The normalized spacial score (nSPS) is 19.9. The SMILES string of the molecule is CC(C)(C)OC(=O)N1CCC(OC2CCN(Cc3c(F)cc(F)cc3F)CC2)CC1. The fourth-order valence-electron chi connectivity index (χ4n) is 3.92. The average Bonchev–Trinajstić information content (AvgIpc) is 2.65. The number of amides is 1. The molecule has 5 nitrogen and oxygen atoms in total. The fraction of sp³-hybridized carbons (Fsp3) is 0.682. The average molecular weight is 428 g/mol. The van der Waals surface area contributed by atoms with Crippen LogP contribution in [0.1, 0.15) is 52.0 Å². The highest BCUT2D eigenvalue weighted by molar-refractivity contribution is 5.68. The van der Waals surface area contributed by atoms with Crippen molar-refractivity contribution in [1.82, 2.24) is 9.80 Å². The largest absolute Gasteiger partial charge is 0.444 e. The van der Waals surface area contributed by atoms with E-state index in [2.05, 4.69) is 0 Å². The summed E-state index contributed by atoms with van der Waals surface area (Å²) in [4.78, 5) is 15.8. The van der Waals surface area contributed by atoms with Gasteiger partial charge in [-0.1, -0.05) is 0 Å². The van der Waals surface area contributed by atoms with Crippen molar-refractivity contribution in [1.29, 1.82) is 0 Å². The van der Waals surface area contributed by atoms with Crippen molar-refractivity contribution >= 4 is 6.09 Å². The Kier molecular flexibility index (Phi) is 7.29. The maximum Gasteiger partial charge on any atom is 0.410 e. The second-order valence-corrected chi connectivity index (χ2v) is 9.13. The molecule has 2 aliphatic rings. The third-order valence-corrected chi connectivity index (χ3v) is 5.50. The molecule has 0 N–H and O–H groups in total. The summed E-state index contributed by atoms with van der Waals surface area (Å²) in [5.74, 6) is -2.59. The highest BCUT2D eigenvalue weighted by atomic mass is 19.1. The Hall–Kier alpha value is -1.80. The van der Waals surface area contributed by atoms with Gasteiger partial charge in [0.2, 0.25) is 0 Å². The molecular formula is C22H31F3N2O3. The summed E-state index contributed by atoms with van der Waals surface area (Å²) in [7, 11) is 0. The van der Waals surface area contributed by atoms with Gasteiger partial charge in [-0.05, 0) is 46.5 Å². The molecule has 0 bridgehead atoms. The molecule has 2 saturated heterocycles. The zero-order valence-electron chi connectivity index (χ0n) is 17.9. The van der Waals surface area contributed by atoms with Crippen molar-refractivity contribution in [3.8, 4) is 0 Å². The predicted molar refractivity (Wildman–Crippen MR) is 107 cm³/mol. The quantitative estimate of drug-likeness (QED) is 0.709. The Balaban J connectivity index is 1.40. The summed E-state index contributed by atoms with van der Waals surface area (Å²) in [5.41, 5.74) is -0.594. The molecule has 8 heteroatoms. The van der Waals surface area contributed by atoms with Crippen LogP contribution >= 0.6 is 0 Å². The maximum atomic E-state index is 13.9. The van der Waals surface area contributed by atoms with Gasteiger partial charge in [-0.2, -0.15) is 0 Å². The van der Waals surface area contributed by atoms with E-state index in [9.17, 15) is 18.0 Å². The van der Waals surface area contributed by atoms with Gasteiger partial charge in [0.05, 0.1) is 12.2 Å². The lowest BCUT2D eigenvalue weighted by Gasteiger charge is -2.37. The Morgan fingerprint density at radius 1 is 0.967 bits per heavy atom. The summed E-state index contributed by atoms with van der Waals surface area (Å²) in [6.45, 7) is 8.24. The smallest absolute Gasteiger partial charge is 0.410 e. The Labute approximate surface area is 176 Å². The van der Waals surface area contributed by atoms with Crippen LogP contribution in [0.5, 0.6) is 0 Å². The van der Waals surface area contributed by atoms with Crippen LogP contribution in [-0.2, 0) is 16.0 Å². The molecule has 1 amide bonds. The standard InChI is InChI=1S/C22H31F3N2O3/c1-22(2,3)30-21(28)27-10-6-17(7-11-27)29-16-4-8-26(9-5-16)14-18-19(24)12-15(23)13-20(18)25/h12-13,16-17H,4-11,14H2,1-3H3. The molecular weight excluding hydrogens is 397 g/mol. The number of hydrogen-bond acceptors (Lipinski definition) is 4. The van der Waals surface area contributed by atoms with Crippen LogP contribution in [-0.4, -0.2) is 59.9 Å². The monoisotopic (exact) mass is 428 g/mol. The van der Waals surface area contributed by atoms with E-state index < -0.39 is 23.1 Å². The molecule has 0 aliphatic carbocycles. The number of carbonyl (C=O) groups excluding carboxylic acids is 1. The van der Waals surface area contributed by atoms with Crippen LogP contribution in [0, 0.1) is 17.5 Å². The lowest BCUT2D eigenvalue weighted by Crippen LogP contribution is -2.45. The van der Waals surface area contributed by atoms with Gasteiger partial charge in [0.1, 0.15) is 23.1 Å². The van der Waals surface area contributed by atoms with E-state index in [0.717, 1.165) is 37.8 Å². The first kappa shape index (κ1) is 22.9. The van der Waals surface area contributed by atoms with Gasteiger partial charge < -0.3 is 14.4 Å². The molecule has 168 valence electrons. The Morgan fingerprint density at radius 2 is 1.47 bits per heavy atom. The van der Waals surface area contributed by atoms with E-state index in [1.165, 1.54) is 0 Å². The molecule has 0 saturated carbocycles. The van der Waals surface area contributed by atoms with Gasteiger partial charge in [0.15, 0.2) is 0 Å². The van der Waals surface area contributed by atoms with Gasteiger partial charge in [0.25, 0.3) is 0 Å². The van der Waals surface area contributed by atoms with Crippen molar-refractivity contribution in [2.24, 2.45) is 0 Å². The maximum absolute atomic E-state index is 13.9. The third kappa shape index (κ3) is 6.35. The molecule has 0 spiro atoms. The van der Waals surface area contributed by atoms with E-state index in [-0.39, 0.29) is 30.4 Å². The molecule has 0 radical (unpaired) electrons. The Morgan fingerprint density at radius 3 is 1.97 bits per heavy atom. The summed E-state index contributed by atoms with van der Waals surface area (Å²) in [6.07, 6.45) is 3.01. The molecule has 0 aromatic heterocycles. The Bertz CT molecular complexity index is 715. The number of rotatable bonds is 4. The molecule has 0 unspecified atom stereocenters. The van der Waals surface area contributed by atoms with E-state index in [1.54, 1.807) is 4.90 Å². The molecule has 3 rings (SSSR count). The summed E-state index contributed by atoms with van der Waals surface area (Å²) < 4.78 is 52.4. The van der Waals surface area contributed by atoms with Crippen LogP contribution in [0.4, 0.5) is 18.0 Å². The van der Waals surface area contributed by atoms with Gasteiger partial charge in [-0.25, -0.2) is 18.0 Å². The molecule has 30 heavy (non-hydrogen) atoms. The fourth-order valence-corrected chi connectivity index (χ4v) is 3.92. The topological polar surface area (TPSA) is 42.0 Å². The highest BCUT2D eigenvalue weighted by Gasteiger charge is 2.30.